The van der Waals surface area contributed by atoms with Crippen LogP contribution in [-0.4, -0.2) is 38.0 Å². The standard InChI is InChI=1S/C14H19Cl2NO3.C9H9Cl2N3O.C2H6/c1-14(2,3)20-13(18)17-7-4-8-19-12-6-5-10(15)9-11(12)16;10-7-2-3-9(8(11)6-7)15-5-1-4-13-14-12;1-2/h5-6,9H,4,7-8H2,1-3H3,(H,17,18);2-3,6H,1,4-5H2;1-2H3. The highest BCUT2D eigenvalue weighted by Gasteiger charge is 2.15. The van der Waals surface area contributed by atoms with Gasteiger partial charge in [-0.15, -0.1) is 0 Å². The Bertz CT molecular complexity index is 997. The van der Waals surface area contributed by atoms with Crippen LogP contribution >= 0.6 is 46.4 Å². The number of hydrogen-bond donors (Lipinski definition) is 1. The van der Waals surface area contributed by atoms with Crippen LogP contribution in [0.4, 0.5) is 4.79 Å². The molecule has 0 aliphatic heterocycles. The van der Waals surface area contributed by atoms with Crippen molar-refractivity contribution in [1.29, 1.82) is 0 Å². The van der Waals surface area contributed by atoms with Crippen molar-refractivity contribution in [1.82, 2.24) is 5.32 Å². The highest BCUT2D eigenvalue weighted by molar-refractivity contribution is 6.36. The van der Waals surface area contributed by atoms with E-state index in [1.165, 1.54) is 0 Å². The maximum atomic E-state index is 11.4. The summed E-state index contributed by atoms with van der Waals surface area (Å²) >= 11 is 23.4. The summed E-state index contributed by atoms with van der Waals surface area (Å²) in [6, 6.07) is 10.1. The Labute approximate surface area is 239 Å². The number of azide groups is 1. The number of ether oxygens (including phenoxy) is 3. The second kappa shape index (κ2) is 19.8. The van der Waals surface area contributed by atoms with Gasteiger partial charge in [0.2, 0.25) is 0 Å². The lowest BCUT2D eigenvalue weighted by Gasteiger charge is -2.19. The van der Waals surface area contributed by atoms with E-state index in [9.17, 15) is 4.79 Å². The average Bonchev–Trinajstić information content (AvgIpc) is 2.82. The Balaban J connectivity index is 0.000000679. The molecule has 2 rings (SSSR count). The smallest absolute Gasteiger partial charge is 0.407 e. The molecule has 0 spiro atoms. The van der Waals surface area contributed by atoms with Crippen molar-refractivity contribution in [2.45, 2.75) is 53.1 Å². The number of nitrogens with zero attached hydrogens (tertiary/aromatic N) is 3. The summed E-state index contributed by atoms with van der Waals surface area (Å²) < 4.78 is 16.0. The van der Waals surface area contributed by atoms with Crippen LogP contribution in [0.1, 0.15) is 47.5 Å². The molecule has 0 aliphatic rings. The van der Waals surface area contributed by atoms with Crippen molar-refractivity contribution in [2.24, 2.45) is 5.11 Å². The van der Waals surface area contributed by atoms with Gasteiger partial charge in [-0.25, -0.2) is 4.79 Å². The van der Waals surface area contributed by atoms with Gasteiger partial charge in [0, 0.05) is 28.0 Å². The van der Waals surface area contributed by atoms with Gasteiger partial charge in [0.1, 0.15) is 17.1 Å². The van der Waals surface area contributed by atoms with Crippen LogP contribution in [0, 0.1) is 0 Å². The van der Waals surface area contributed by atoms with Gasteiger partial charge in [-0.1, -0.05) is 65.4 Å². The summed E-state index contributed by atoms with van der Waals surface area (Å²) in [5.41, 5.74) is 7.55. The summed E-state index contributed by atoms with van der Waals surface area (Å²) in [6.45, 7) is 11.2. The second-order valence-electron chi connectivity index (χ2n) is 7.94. The van der Waals surface area contributed by atoms with Gasteiger partial charge in [0.25, 0.3) is 0 Å². The third-order valence-electron chi connectivity index (χ3n) is 3.76. The number of hydrogen-bond acceptors (Lipinski definition) is 5. The van der Waals surface area contributed by atoms with E-state index in [1.54, 1.807) is 36.4 Å². The molecule has 0 aromatic heterocycles. The molecule has 0 unspecified atom stereocenters. The first-order chi connectivity index (χ1) is 17.5. The zero-order chi connectivity index (χ0) is 28.3. The molecule has 0 atom stereocenters. The lowest BCUT2D eigenvalue weighted by Crippen LogP contribution is -2.33. The van der Waals surface area contributed by atoms with Gasteiger partial charge in [-0.05, 0) is 75.5 Å². The molecular weight excluding hydrogens is 562 g/mol. The Morgan fingerprint density at radius 3 is 1.84 bits per heavy atom. The number of rotatable bonds is 10. The molecule has 206 valence electrons. The predicted octanol–water partition coefficient (Wildman–Crippen LogP) is 9.39. The number of amides is 1. The molecule has 1 amide bonds. The normalized spacial score (nSPS) is 9.97. The molecule has 0 saturated carbocycles. The van der Waals surface area contributed by atoms with E-state index in [-0.39, 0.29) is 0 Å². The summed E-state index contributed by atoms with van der Waals surface area (Å²) in [6.07, 6.45) is 0.878. The van der Waals surface area contributed by atoms with E-state index in [0.29, 0.717) is 70.7 Å². The lowest BCUT2D eigenvalue weighted by atomic mass is 10.2. The minimum absolute atomic E-state index is 0.418. The van der Waals surface area contributed by atoms with Crippen molar-refractivity contribution in [3.63, 3.8) is 0 Å². The molecule has 0 radical (unpaired) electrons. The van der Waals surface area contributed by atoms with E-state index in [1.807, 2.05) is 34.6 Å². The van der Waals surface area contributed by atoms with E-state index in [2.05, 4.69) is 15.3 Å². The molecular formula is C25H34Cl4N4O4. The predicted molar refractivity (Wildman–Crippen MR) is 153 cm³/mol. The summed E-state index contributed by atoms with van der Waals surface area (Å²) in [5.74, 6) is 1.16. The van der Waals surface area contributed by atoms with E-state index < -0.39 is 11.7 Å². The molecule has 2 aromatic rings. The van der Waals surface area contributed by atoms with Crippen LogP contribution in [0.25, 0.3) is 10.4 Å². The summed E-state index contributed by atoms with van der Waals surface area (Å²) in [4.78, 5) is 14.0. The number of alkyl carbamates (subject to hydrolysis) is 1. The zero-order valence-corrected chi connectivity index (χ0v) is 24.7. The Kier molecular flexibility index (Phi) is 18.6. The Hall–Kier alpha value is -2.22. The van der Waals surface area contributed by atoms with E-state index in [4.69, 9.17) is 66.1 Å². The van der Waals surface area contributed by atoms with Crippen LogP contribution in [-0.2, 0) is 4.74 Å². The number of nitrogens with one attached hydrogen (secondary N) is 1. The molecule has 0 aliphatic carbocycles. The number of halogens is 4. The van der Waals surface area contributed by atoms with Crippen LogP contribution in [0.5, 0.6) is 11.5 Å². The third-order valence-corrected chi connectivity index (χ3v) is 4.82. The highest BCUT2D eigenvalue weighted by atomic mass is 35.5. The lowest BCUT2D eigenvalue weighted by molar-refractivity contribution is 0.0525. The maximum Gasteiger partial charge on any atom is 0.407 e. The molecule has 0 saturated heterocycles. The van der Waals surface area contributed by atoms with E-state index >= 15 is 0 Å². The first-order valence-electron chi connectivity index (χ1n) is 11.6. The summed E-state index contributed by atoms with van der Waals surface area (Å²) in [7, 11) is 0. The third kappa shape index (κ3) is 17.8. The molecule has 0 bridgehead atoms. The van der Waals surface area contributed by atoms with E-state index in [0.717, 1.165) is 0 Å². The molecule has 8 nitrogen and oxygen atoms in total. The van der Waals surface area contributed by atoms with Gasteiger partial charge >= 0.3 is 6.09 Å². The van der Waals surface area contributed by atoms with Crippen LogP contribution < -0.4 is 14.8 Å². The van der Waals surface area contributed by atoms with Crippen molar-refractivity contribution in [3.05, 3.63) is 66.9 Å². The molecule has 0 fully saturated rings. The maximum absolute atomic E-state index is 11.4. The molecule has 1 N–H and O–H groups in total. The monoisotopic (exact) mass is 594 g/mol. The number of carbonyl (C=O) groups is 1. The van der Waals surface area contributed by atoms with Crippen LogP contribution in [0.15, 0.2) is 41.5 Å². The fourth-order valence-corrected chi connectivity index (χ4v) is 3.23. The fraction of sp³-hybridized carbons (Fsp3) is 0.480. The molecule has 0 heterocycles. The van der Waals surface area contributed by atoms with Gasteiger partial charge in [0.05, 0.1) is 23.3 Å². The molecule has 2 aromatic carbocycles. The van der Waals surface area contributed by atoms with Crippen molar-refractivity contribution in [2.75, 3.05) is 26.3 Å². The first kappa shape index (κ1) is 34.8. The molecule has 12 heteroatoms. The first-order valence-corrected chi connectivity index (χ1v) is 13.2. The highest BCUT2D eigenvalue weighted by Crippen LogP contribution is 2.28. The van der Waals surface area contributed by atoms with Crippen LogP contribution in [0.2, 0.25) is 20.1 Å². The van der Waals surface area contributed by atoms with Crippen molar-refractivity contribution < 1.29 is 19.0 Å². The average molecular weight is 596 g/mol. The minimum Gasteiger partial charge on any atom is -0.492 e. The Morgan fingerprint density at radius 1 is 0.919 bits per heavy atom. The summed E-state index contributed by atoms with van der Waals surface area (Å²) in [5, 5.41) is 8.12. The van der Waals surface area contributed by atoms with Crippen molar-refractivity contribution >= 4 is 52.5 Å². The fourth-order valence-electron chi connectivity index (χ4n) is 2.31. The number of benzene rings is 2. The largest absolute Gasteiger partial charge is 0.492 e. The Morgan fingerprint density at radius 2 is 1.41 bits per heavy atom. The van der Waals surface area contributed by atoms with Gasteiger partial charge in [0.15, 0.2) is 0 Å². The van der Waals surface area contributed by atoms with Crippen LogP contribution in [0.3, 0.4) is 0 Å². The van der Waals surface area contributed by atoms with Gasteiger partial charge < -0.3 is 19.5 Å². The minimum atomic E-state index is -0.489. The van der Waals surface area contributed by atoms with Gasteiger partial charge in [-0.3, -0.25) is 0 Å². The zero-order valence-electron chi connectivity index (χ0n) is 21.7. The topological polar surface area (TPSA) is 106 Å². The van der Waals surface area contributed by atoms with Crippen molar-refractivity contribution in [3.8, 4) is 11.5 Å². The number of carbonyl (C=O) groups excluding carboxylic acids is 1. The second-order valence-corrected chi connectivity index (χ2v) is 9.62. The van der Waals surface area contributed by atoms with Gasteiger partial charge in [-0.2, -0.15) is 0 Å². The SMILES string of the molecule is CC.CC(C)(C)OC(=O)NCCCOc1ccc(Cl)cc1Cl.[N-]=[N+]=NCCCOc1ccc(Cl)cc1Cl. The quantitative estimate of drug-likeness (QED) is 0.128. The molecule has 37 heavy (non-hydrogen) atoms.